The van der Waals surface area contributed by atoms with Gasteiger partial charge in [-0.2, -0.15) is 0 Å². The second-order valence-corrected chi connectivity index (χ2v) is 3.58. The van der Waals surface area contributed by atoms with Crippen molar-refractivity contribution in [3.05, 3.63) is 23.5 Å². The van der Waals surface area contributed by atoms with Crippen LogP contribution in [0.25, 0.3) is 0 Å². The molecular formula is C10H16N2O2. The number of nitrogens with one attached hydrogen (secondary N) is 1. The van der Waals surface area contributed by atoms with Crippen molar-refractivity contribution in [2.24, 2.45) is 0 Å². The summed E-state index contributed by atoms with van der Waals surface area (Å²) in [6, 6.07) is 3.92. The summed E-state index contributed by atoms with van der Waals surface area (Å²) in [6.07, 6.45) is 0.122. The average molecular weight is 196 g/mol. The lowest BCUT2D eigenvalue weighted by atomic mass is 10.2. The Morgan fingerprint density at radius 1 is 1.50 bits per heavy atom. The summed E-state index contributed by atoms with van der Waals surface area (Å²) in [5.74, 6) is -0.785. The molecule has 0 aromatic carbocycles. The minimum Gasteiger partial charge on any atom is -0.481 e. The molecule has 4 heteroatoms. The van der Waals surface area contributed by atoms with Crippen LogP contribution in [0.2, 0.25) is 0 Å². The van der Waals surface area contributed by atoms with E-state index in [-0.39, 0.29) is 12.5 Å². The van der Waals surface area contributed by atoms with Crippen molar-refractivity contribution in [3.8, 4) is 0 Å². The predicted octanol–water partition coefficient (Wildman–Crippen LogP) is 1.51. The highest BCUT2D eigenvalue weighted by molar-refractivity contribution is 5.67. The fourth-order valence-corrected chi connectivity index (χ4v) is 1.40. The first kappa shape index (κ1) is 10.6. The molecule has 1 aromatic heterocycles. The Labute approximate surface area is 83.5 Å². The van der Waals surface area contributed by atoms with Crippen molar-refractivity contribution < 1.29 is 9.90 Å². The van der Waals surface area contributed by atoms with Crippen LogP contribution >= 0.6 is 0 Å². The molecular weight excluding hydrogens is 180 g/mol. The third-order valence-electron chi connectivity index (χ3n) is 2.10. The van der Waals surface area contributed by atoms with E-state index >= 15 is 0 Å². The van der Waals surface area contributed by atoms with Crippen molar-refractivity contribution in [2.75, 3.05) is 5.43 Å². The molecule has 0 bridgehead atoms. The number of hydrogen-bond donors (Lipinski definition) is 2. The third-order valence-corrected chi connectivity index (χ3v) is 2.10. The van der Waals surface area contributed by atoms with Gasteiger partial charge in [0.15, 0.2) is 0 Å². The van der Waals surface area contributed by atoms with Crippen LogP contribution in [-0.4, -0.2) is 21.8 Å². The van der Waals surface area contributed by atoms with Crippen molar-refractivity contribution in [3.63, 3.8) is 0 Å². The maximum absolute atomic E-state index is 10.5. The topological polar surface area (TPSA) is 54.3 Å². The van der Waals surface area contributed by atoms with Gasteiger partial charge >= 0.3 is 5.97 Å². The summed E-state index contributed by atoms with van der Waals surface area (Å²) in [5.41, 5.74) is 5.29. The fraction of sp³-hybridized carbons (Fsp3) is 0.500. The van der Waals surface area contributed by atoms with E-state index in [9.17, 15) is 4.79 Å². The molecule has 0 fully saturated rings. The van der Waals surface area contributed by atoms with Crippen LogP contribution < -0.4 is 5.43 Å². The van der Waals surface area contributed by atoms with E-state index in [4.69, 9.17) is 5.11 Å². The Hall–Kier alpha value is -1.45. The Morgan fingerprint density at radius 2 is 2.00 bits per heavy atom. The summed E-state index contributed by atoms with van der Waals surface area (Å²) in [5, 5.41) is 8.60. The lowest BCUT2D eigenvalue weighted by Gasteiger charge is -2.17. The van der Waals surface area contributed by atoms with Crippen molar-refractivity contribution >= 4 is 5.97 Å². The maximum atomic E-state index is 10.5. The largest absolute Gasteiger partial charge is 0.481 e. The number of hydrogen-bond acceptors (Lipinski definition) is 2. The van der Waals surface area contributed by atoms with Gasteiger partial charge in [0.2, 0.25) is 0 Å². The fourth-order valence-electron chi connectivity index (χ4n) is 1.40. The first-order chi connectivity index (χ1) is 6.50. The van der Waals surface area contributed by atoms with Crippen LogP contribution in [0.3, 0.4) is 0 Å². The number of carbonyl (C=O) groups is 1. The molecule has 1 rings (SSSR count). The first-order valence-corrected chi connectivity index (χ1v) is 4.64. The van der Waals surface area contributed by atoms with Crippen molar-refractivity contribution in [1.29, 1.82) is 0 Å². The Bertz CT molecular complexity index is 311. The van der Waals surface area contributed by atoms with E-state index in [0.717, 1.165) is 11.4 Å². The lowest BCUT2D eigenvalue weighted by Crippen LogP contribution is -2.28. The van der Waals surface area contributed by atoms with Crippen molar-refractivity contribution in [2.45, 2.75) is 33.2 Å². The van der Waals surface area contributed by atoms with E-state index in [2.05, 4.69) is 5.43 Å². The normalized spacial score (nSPS) is 12.5. The second kappa shape index (κ2) is 4.17. The second-order valence-electron chi connectivity index (χ2n) is 3.58. The van der Waals surface area contributed by atoms with Crippen LogP contribution in [0.4, 0.5) is 0 Å². The van der Waals surface area contributed by atoms with Gasteiger partial charge in [-0.25, -0.2) is 0 Å². The number of aromatic nitrogens is 1. The lowest BCUT2D eigenvalue weighted by molar-refractivity contribution is -0.137. The van der Waals surface area contributed by atoms with E-state index in [1.807, 2.05) is 37.6 Å². The number of carboxylic acid groups (broad SMARTS) is 1. The zero-order chi connectivity index (χ0) is 10.7. The molecule has 1 aromatic rings. The molecule has 4 nitrogen and oxygen atoms in total. The number of aliphatic carboxylic acids is 1. The zero-order valence-electron chi connectivity index (χ0n) is 8.74. The minimum absolute atomic E-state index is 0.0719. The van der Waals surface area contributed by atoms with Crippen LogP contribution in [0.1, 0.15) is 24.7 Å². The van der Waals surface area contributed by atoms with Gasteiger partial charge in [-0.15, -0.1) is 0 Å². The molecule has 1 unspecified atom stereocenters. The highest BCUT2D eigenvalue weighted by Crippen LogP contribution is 2.05. The van der Waals surface area contributed by atoms with E-state index in [0.29, 0.717) is 0 Å². The van der Waals surface area contributed by atoms with E-state index < -0.39 is 5.97 Å². The smallest absolute Gasteiger partial charge is 0.305 e. The van der Waals surface area contributed by atoms with Crippen LogP contribution in [0.15, 0.2) is 12.1 Å². The van der Waals surface area contributed by atoms with Crippen LogP contribution in [0.5, 0.6) is 0 Å². The number of nitrogens with zero attached hydrogens (tertiary/aromatic N) is 1. The summed E-state index contributed by atoms with van der Waals surface area (Å²) in [6.45, 7) is 5.81. The van der Waals surface area contributed by atoms with Gasteiger partial charge in [0.25, 0.3) is 0 Å². The predicted molar refractivity (Wildman–Crippen MR) is 55.0 cm³/mol. The quantitative estimate of drug-likeness (QED) is 0.767. The van der Waals surface area contributed by atoms with E-state index in [1.165, 1.54) is 0 Å². The monoisotopic (exact) mass is 196 g/mol. The standard InChI is InChI=1S/C10H16N2O2/c1-7(6-10(13)14)11-12-8(2)4-5-9(12)3/h4-5,7,11H,6H2,1-3H3,(H,13,14). The number of rotatable bonds is 4. The summed E-state index contributed by atoms with van der Waals surface area (Å²) in [4.78, 5) is 10.5. The molecule has 0 radical (unpaired) electrons. The highest BCUT2D eigenvalue weighted by Gasteiger charge is 2.08. The molecule has 14 heavy (non-hydrogen) atoms. The van der Waals surface area contributed by atoms with Crippen molar-refractivity contribution in [1.82, 2.24) is 4.68 Å². The van der Waals surface area contributed by atoms with Gasteiger partial charge in [-0.05, 0) is 32.9 Å². The van der Waals surface area contributed by atoms with Crippen LogP contribution in [0, 0.1) is 13.8 Å². The molecule has 0 aliphatic carbocycles. The van der Waals surface area contributed by atoms with Crippen LogP contribution in [-0.2, 0) is 4.79 Å². The van der Waals surface area contributed by atoms with E-state index in [1.54, 1.807) is 0 Å². The van der Waals surface area contributed by atoms with Gasteiger partial charge in [-0.3, -0.25) is 9.47 Å². The minimum atomic E-state index is -0.785. The van der Waals surface area contributed by atoms with Gasteiger partial charge in [-0.1, -0.05) is 0 Å². The molecule has 0 amide bonds. The summed E-state index contributed by atoms with van der Waals surface area (Å²) in [7, 11) is 0. The Kier molecular flexibility index (Phi) is 3.17. The first-order valence-electron chi connectivity index (χ1n) is 4.64. The molecule has 0 aliphatic heterocycles. The molecule has 0 saturated carbocycles. The van der Waals surface area contributed by atoms with Gasteiger partial charge in [0, 0.05) is 11.4 Å². The molecule has 78 valence electrons. The SMILES string of the molecule is Cc1ccc(C)n1NC(C)CC(=O)O. The molecule has 2 N–H and O–H groups in total. The van der Waals surface area contributed by atoms with Gasteiger partial charge < -0.3 is 10.5 Å². The molecule has 1 heterocycles. The Balaban J connectivity index is 2.64. The number of aryl methyl sites for hydroxylation is 2. The number of carboxylic acids is 1. The summed E-state index contributed by atoms with van der Waals surface area (Å²) >= 11 is 0. The highest BCUT2D eigenvalue weighted by atomic mass is 16.4. The molecule has 0 saturated heterocycles. The molecule has 0 spiro atoms. The third kappa shape index (κ3) is 2.52. The Morgan fingerprint density at radius 3 is 2.43 bits per heavy atom. The molecule has 1 atom stereocenters. The van der Waals surface area contributed by atoms with Gasteiger partial charge in [0.05, 0.1) is 12.5 Å². The van der Waals surface area contributed by atoms with Gasteiger partial charge in [0.1, 0.15) is 0 Å². The summed E-state index contributed by atoms with van der Waals surface area (Å²) < 4.78 is 1.91. The maximum Gasteiger partial charge on any atom is 0.305 e. The molecule has 0 aliphatic rings. The zero-order valence-corrected chi connectivity index (χ0v) is 8.74. The average Bonchev–Trinajstić information content (AvgIpc) is 2.34.